The molecule has 1 fully saturated rings. The maximum absolute atomic E-state index is 11.9. The molecule has 0 aromatic rings. The summed E-state index contributed by atoms with van der Waals surface area (Å²) in [7, 11) is -4.03. The van der Waals surface area contributed by atoms with Crippen LogP contribution < -0.4 is 4.72 Å². The third kappa shape index (κ3) is 3.42. The van der Waals surface area contributed by atoms with Crippen molar-refractivity contribution in [1.29, 1.82) is 0 Å². The maximum atomic E-state index is 11.9. The maximum Gasteiger partial charge on any atom is 0.323 e. The van der Waals surface area contributed by atoms with Crippen LogP contribution >= 0.6 is 0 Å². The van der Waals surface area contributed by atoms with Crippen LogP contribution in [0.25, 0.3) is 0 Å². The van der Waals surface area contributed by atoms with E-state index in [1.165, 1.54) is 6.92 Å². The molecule has 0 aromatic carbocycles. The summed E-state index contributed by atoms with van der Waals surface area (Å²) in [5.41, 5.74) is 0. The molecule has 0 radical (unpaired) electrons. The quantitative estimate of drug-likeness (QED) is 0.698. The van der Waals surface area contributed by atoms with Gasteiger partial charge in [0.05, 0.1) is 6.04 Å². The SMILES string of the molecule is CC(NS(=O)(=O)C(C)C(=O)O)C(=O)N1CCCC1. The number of carbonyl (C=O) groups excluding carboxylic acids is 1. The zero-order valence-corrected chi connectivity index (χ0v) is 11.2. The zero-order chi connectivity index (χ0) is 13.9. The molecule has 0 spiro atoms. The highest BCUT2D eigenvalue weighted by Gasteiger charge is 2.32. The molecule has 7 nitrogen and oxygen atoms in total. The van der Waals surface area contributed by atoms with E-state index in [0.29, 0.717) is 13.1 Å². The third-order valence-electron chi connectivity index (χ3n) is 2.94. The van der Waals surface area contributed by atoms with Gasteiger partial charge in [-0.2, -0.15) is 0 Å². The van der Waals surface area contributed by atoms with E-state index in [1.54, 1.807) is 4.90 Å². The minimum Gasteiger partial charge on any atom is -0.480 e. The lowest BCUT2D eigenvalue weighted by atomic mass is 10.3. The van der Waals surface area contributed by atoms with Crippen LogP contribution in [0.5, 0.6) is 0 Å². The number of hydrogen-bond acceptors (Lipinski definition) is 4. The van der Waals surface area contributed by atoms with E-state index in [4.69, 9.17) is 5.11 Å². The normalized spacial score (nSPS) is 19.6. The van der Waals surface area contributed by atoms with E-state index in [9.17, 15) is 18.0 Å². The molecule has 2 atom stereocenters. The van der Waals surface area contributed by atoms with Crippen molar-refractivity contribution in [3.05, 3.63) is 0 Å². The lowest BCUT2D eigenvalue weighted by Gasteiger charge is -2.21. The number of rotatable bonds is 5. The van der Waals surface area contributed by atoms with Crippen LogP contribution in [-0.4, -0.2) is 54.7 Å². The highest BCUT2D eigenvalue weighted by Crippen LogP contribution is 2.10. The molecule has 1 aliphatic heterocycles. The van der Waals surface area contributed by atoms with Crippen molar-refractivity contribution in [3.63, 3.8) is 0 Å². The summed E-state index contributed by atoms with van der Waals surface area (Å²) >= 11 is 0. The van der Waals surface area contributed by atoms with Crippen LogP contribution in [-0.2, 0) is 19.6 Å². The van der Waals surface area contributed by atoms with E-state index in [-0.39, 0.29) is 5.91 Å². The molecule has 1 aliphatic rings. The number of carbonyl (C=O) groups is 2. The lowest BCUT2D eigenvalue weighted by Crippen LogP contribution is -2.49. The predicted molar refractivity (Wildman–Crippen MR) is 64.4 cm³/mol. The minimum absolute atomic E-state index is 0.311. The van der Waals surface area contributed by atoms with Gasteiger partial charge in [0.2, 0.25) is 15.9 Å². The second-order valence-electron chi connectivity index (χ2n) is 4.40. The molecule has 8 heteroatoms. The first kappa shape index (κ1) is 14.9. The number of sulfonamides is 1. The fourth-order valence-corrected chi connectivity index (χ4v) is 2.81. The van der Waals surface area contributed by atoms with E-state index in [1.807, 2.05) is 0 Å². The lowest BCUT2D eigenvalue weighted by molar-refractivity contribution is -0.136. The second-order valence-corrected chi connectivity index (χ2v) is 6.43. The molecule has 2 N–H and O–H groups in total. The van der Waals surface area contributed by atoms with Crippen molar-refractivity contribution >= 4 is 21.9 Å². The van der Waals surface area contributed by atoms with Gasteiger partial charge in [-0.15, -0.1) is 0 Å². The van der Waals surface area contributed by atoms with Gasteiger partial charge in [0, 0.05) is 13.1 Å². The van der Waals surface area contributed by atoms with Crippen LogP contribution in [0.3, 0.4) is 0 Å². The van der Waals surface area contributed by atoms with E-state index in [2.05, 4.69) is 4.72 Å². The first-order valence-corrected chi connectivity index (χ1v) is 7.33. The molecule has 1 heterocycles. The number of hydrogen-bond donors (Lipinski definition) is 2. The number of amides is 1. The predicted octanol–water partition coefficient (Wildman–Crippen LogP) is -0.610. The number of likely N-dealkylation sites (tertiary alicyclic amines) is 1. The molecule has 1 saturated heterocycles. The Bertz CT molecular complexity index is 428. The van der Waals surface area contributed by atoms with Crippen molar-refractivity contribution in [2.45, 2.75) is 38.0 Å². The third-order valence-corrected chi connectivity index (χ3v) is 4.76. The minimum atomic E-state index is -4.03. The molecule has 0 bridgehead atoms. The molecule has 1 rings (SSSR count). The standard InChI is InChI=1S/C10H18N2O5S/c1-7(9(13)12-5-3-4-6-12)11-18(16,17)8(2)10(14)15/h7-8,11H,3-6H2,1-2H3,(H,14,15). The Balaban J connectivity index is 2.66. The number of carboxylic acid groups (broad SMARTS) is 1. The van der Waals surface area contributed by atoms with Gasteiger partial charge in [-0.25, -0.2) is 13.1 Å². The van der Waals surface area contributed by atoms with Crippen LogP contribution in [0, 0.1) is 0 Å². The average molecular weight is 278 g/mol. The van der Waals surface area contributed by atoms with E-state index >= 15 is 0 Å². The fraction of sp³-hybridized carbons (Fsp3) is 0.800. The van der Waals surface area contributed by atoms with Crippen LogP contribution in [0.1, 0.15) is 26.7 Å². The first-order chi connectivity index (χ1) is 8.25. The van der Waals surface area contributed by atoms with Gasteiger partial charge in [-0.1, -0.05) is 0 Å². The monoisotopic (exact) mass is 278 g/mol. The Hall–Kier alpha value is -1.15. The van der Waals surface area contributed by atoms with Gasteiger partial charge >= 0.3 is 5.97 Å². The number of carboxylic acids is 1. The molecule has 0 aromatic heterocycles. The Morgan fingerprint density at radius 2 is 1.72 bits per heavy atom. The van der Waals surface area contributed by atoms with Crippen LogP contribution in [0.15, 0.2) is 0 Å². The topological polar surface area (TPSA) is 104 Å². The van der Waals surface area contributed by atoms with Crippen molar-refractivity contribution in [2.24, 2.45) is 0 Å². The summed E-state index contributed by atoms with van der Waals surface area (Å²) in [4.78, 5) is 24.1. The average Bonchev–Trinajstić information content (AvgIpc) is 2.79. The summed E-state index contributed by atoms with van der Waals surface area (Å²) in [6.07, 6.45) is 1.83. The van der Waals surface area contributed by atoms with Gasteiger partial charge in [-0.3, -0.25) is 9.59 Å². The highest BCUT2D eigenvalue weighted by atomic mass is 32.2. The summed E-state index contributed by atoms with van der Waals surface area (Å²) in [5.74, 6) is -1.75. The molecule has 104 valence electrons. The fourth-order valence-electron chi connectivity index (χ4n) is 1.74. The molecular weight excluding hydrogens is 260 g/mol. The van der Waals surface area contributed by atoms with E-state index in [0.717, 1.165) is 19.8 Å². The first-order valence-electron chi connectivity index (χ1n) is 5.78. The summed E-state index contributed by atoms with van der Waals surface area (Å²) < 4.78 is 25.4. The Kier molecular flexibility index (Phi) is 4.69. The van der Waals surface area contributed by atoms with E-state index < -0.39 is 27.3 Å². The van der Waals surface area contributed by atoms with Crippen molar-refractivity contribution in [3.8, 4) is 0 Å². The van der Waals surface area contributed by atoms with Crippen molar-refractivity contribution in [1.82, 2.24) is 9.62 Å². The number of nitrogens with one attached hydrogen (secondary N) is 1. The molecule has 2 unspecified atom stereocenters. The molecule has 1 amide bonds. The molecular formula is C10H18N2O5S. The Morgan fingerprint density at radius 3 is 2.17 bits per heavy atom. The highest BCUT2D eigenvalue weighted by molar-refractivity contribution is 7.90. The summed E-state index contributed by atoms with van der Waals surface area (Å²) in [6, 6.07) is -0.935. The largest absolute Gasteiger partial charge is 0.480 e. The number of aliphatic carboxylic acids is 1. The summed E-state index contributed by atoms with van der Waals surface area (Å²) in [5, 5.41) is 7.09. The molecule has 0 aliphatic carbocycles. The van der Waals surface area contributed by atoms with Gasteiger partial charge in [-0.05, 0) is 26.7 Å². The van der Waals surface area contributed by atoms with Gasteiger partial charge in [0.1, 0.15) is 0 Å². The van der Waals surface area contributed by atoms with Gasteiger partial charge < -0.3 is 10.0 Å². The van der Waals surface area contributed by atoms with Crippen molar-refractivity contribution < 1.29 is 23.1 Å². The van der Waals surface area contributed by atoms with Crippen molar-refractivity contribution in [2.75, 3.05) is 13.1 Å². The molecule has 18 heavy (non-hydrogen) atoms. The van der Waals surface area contributed by atoms with Crippen LogP contribution in [0.2, 0.25) is 0 Å². The van der Waals surface area contributed by atoms with Gasteiger partial charge in [0.15, 0.2) is 5.25 Å². The van der Waals surface area contributed by atoms with Gasteiger partial charge in [0.25, 0.3) is 0 Å². The smallest absolute Gasteiger partial charge is 0.323 e. The Labute approximate surface area is 106 Å². The number of nitrogens with zero attached hydrogens (tertiary/aromatic N) is 1. The Morgan fingerprint density at radius 1 is 1.22 bits per heavy atom. The summed E-state index contributed by atoms with van der Waals surface area (Å²) in [6.45, 7) is 3.74. The zero-order valence-electron chi connectivity index (χ0n) is 10.4. The second kappa shape index (κ2) is 5.66. The molecule has 0 saturated carbocycles. The van der Waals surface area contributed by atoms with Crippen LogP contribution in [0.4, 0.5) is 0 Å².